The molecule has 594 valence electrons. The Morgan fingerprint density at radius 1 is 0.111 bits per heavy atom. The molecule has 0 saturated carbocycles. The summed E-state index contributed by atoms with van der Waals surface area (Å²) in [4.78, 5) is 75.4. The third-order valence-corrected chi connectivity index (χ3v) is 21.1. The Hall–Kier alpha value is -17.5. The molecule has 0 bridgehead atoms. The van der Waals surface area contributed by atoms with Crippen molar-refractivity contribution in [2.75, 3.05) is 0 Å². The summed E-state index contributed by atoms with van der Waals surface area (Å²) in [5, 5.41) is 0. The Morgan fingerprint density at radius 2 is 0.302 bits per heavy atom. The van der Waals surface area contributed by atoms with Crippen LogP contribution in [0.4, 0.5) is 0 Å². The van der Waals surface area contributed by atoms with Gasteiger partial charge in [0.05, 0.1) is 17.1 Å². The maximum atomic E-state index is 5.01. The molecule has 0 aliphatic carbocycles. The van der Waals surface area contributed by atoms with Crippen molar-refractivity contribution in [2.24, 2.45) is 0 Å². The zero-order valence-corrected chi connectivity index (χ0v) is 67.9. The van der Waals surface area contributed by atoms with E-state index in [0.717, 1.165) is 151 Å². The van der Waals surface area contributed by atoms with E-state index in [2.05, 4.69) is 174 Å². The Kier molecular flexibility index (Phi) is 23.3. The van der Waals surface area contributed by atoms with Crippen LogP contribution in [0.2, 0.25) is 0 Å². The fraction of sp³-hybridized carbons (Fsp3) is 0. The first-order valence-corrected chi connectivity index (χ1v) is 41.1. The van der Waals surface area contributed by atoms with Crippen molar-refractivity contribution < 1.29 is 0 Å². The summed E-state index contributed by atoms with van der Waals surface area (Å²) in [5.74, 6) is 5.44. The SMILES string of the molecule is c1ccc(-c2cccc(-c3nc(-c4cccc(-c5ccccn5)c4)nc(-c4cccc(-c5ccccn5)c4)n3)c2)nc1.c1ccc(-c2cccc(-c3nc(-c4cccc(-c5cccnc5)c4)nc(-c4cccc(-c5cccnc5)c4)n3)c2)cc1.c1ccc(-c2cccc(-c3nc(-c4cccc(-c5ccncc5)c4)nc(-c4cccc(-c5ccncc5)c4)n3)c2)cc1. The first-order valence-electron chi connectivity index (χ1n) is 41.1. The molecular weight excluding hydrogens is 1550 g/mol. The molecule has 0 saturated heterocycles. The number of hydrogen-bond acceptors (Lipinski definition) is 16. The van der Waals surface area contributed by atoms with Gasteiger partial charge in [0.25, 0.3) is 0 Å². The zero-order valence-electron chi connectivity index (χ0n) is 67.9. The highest BCUT2D eigenvalue weighted by Crippen LogP contribution is 2.37. The van der Waals surface area contributed by atoms with E-state index in [1.165, 1.54) is 0 Å². The van der Waals surface area contributed by atoms with E-state index in [9.17, 15) is 0 Å². The number of rotatable bonds is 18. The second kappa shape index (κ2) is 37.4. The van der Waals surface area contributed by atoms with E-state index in [-0.39, 0.29) is 0 Å². The Balaban J connectivity index is 0.000000123. The molecule has 16 nitrogen and oxygen atoms in total. The number of benzene rings is 11. The highest BCUT2D eigenvalue weighted by Gasteiger charge is 2.20. The fourth-order valence-corrected chi connectivity index (χ4v) is 14.8. The minimum atomic E-state index is 0.583. The minimum absolute atomic E-state index is 0.583. The van der Waals surface area contributed by atoms with Gasteiger partial charge >= 0.3 is 0 Å². The number of pyridine rings is 7. The molecule has 0 unspecified atom stereocenters. The summed E-state index contributed by atoms with van der Waals surface area (Å²) >= 11 is 0. The van der Waals surface area contributed by atoms with Gasteiger partial charge in [-0.25, -0.2) is 44.9 Å². The summed E-state index contributed by atoms with van der Waals surface area (Å²) in [6.07, 6.45) is 19.9. The third kappa shape index (κ3) is 18.6. The highest BCUT2D eigenvalue weighted by molar-refractivity contribution is 5.81. The molecule has 10 aromatic heterocycles. The van der Waals surface area contributed by atoms with Gasteiger partial charge in [0.1, 0.15) is 0 Å². The first-order chi connectivity index (χ1) is 62.4. The minimum Gasteiger partial charge on any atom is -0.265 e. The summed E-state index contributed by atoms with van der Waals surface area (Å²) in [7, 11) is 0. The molecular formula is C110H74N16. The number of aromatic nitrogens is 16. The molecule has 0 radical (unpaired) electrons. The highest BCUT2D eigenvalue weighted by atomic mass is 15.1. The van der Waals surface area contributed by atoms with Crippen LogP contribution >= 0.6 is 0 Å². The molecule has 0 amide bonds. The quantitative estimate of drug-likeness (QED) is 0.0783. The number of nitrogens with zero attached hydrogens (tertiary/aromatic N) is 16. The summed E-state index contributed by atoms with van der Waals surface area (Å²) < 4.78 is 0. The smallest absolute Gasteiger partial charge is 0.164 e. The molecule has 126 heavy (non-hydrogen) atoms. The van der Waals surface area contributed by atoms with Crippen LogP contribution < -0.4 is 0 Å². The van der Waals surface area contributed by atoms with Crippen molar-refractivity contribution >= 4 is 0 Å². The van der Waals surface area contributed by atoms with Crippen LogP contribution in [0.1, 0.15) is 0 Å². The van der Waals surface area contributed by atoms with Crippen LogP contribution in [-0.2, 0) is 0 Å². The maximum absolute atomic E-state index is 5.01. The van der Waals surface area contributed by atoms with Gasteiger partial charge < -0.3 is 0 Å². The molecule has 0 aliphatic rings. The second-order valence-electron chi connectivity index (χ2n) is 29.5. The lowest BCUT2D eigenvalue weighted by Gasteiger charge is -2.11. The van der Waals surface area contributed by atoms with Crippen LogP contribution in [0.15, 0.2) is 450 Å². The van der Waals surface area contributed by atoms with Crippen LogP contribution in [0, 0.1) is 0 Å². The normalized spacial score (nSPS) is 10.9. The summed E-state index contributed by atoms with van der Waals surface area (Å²) in [5.41, 5.74) is 26.8. The van der Waals surface area contributed by atoms with Gasteiger partial charge in [0.15, 0.2) is 52.4 Å². The van der Waals surface area contributed by atoms with Gasteiger partial charge in [-0.1, -0.05) is 255 Å². The molecule has 0 N–H and O–H groups in total. The Labute approximate surface area is 728 Å². The molecule has 0 fully saturated rings. The average Bonchev–Trinajstić information content (AvgIpc) is 0.792. The topological polar surface area (TPSA) is 206 Å². The zero-order chi connectivity index (χ0) is 84.4. The molecule has 21 rings (SSSR count). The standard InChI is InChI=1S/2C37H25N5.C36H24N6/c1-2-9-26(10-3-1)27-11-4-14-30(21-27)35-40-36(31-15-5-12-28(22-31)33-17-7-19-38-24-33)42-37(41-35)32-16-6-13-29(23-32)34-18-8-20-39-25-34;1-2-7-26(8-3-1)29-9-4-12-32(23-29)35-40-36(33-13-5-10-30(24-33)27-15-19-38-20-16-27)42-37(41-35)34-14-6-11-31(25-34)28-17-21-39-22-18-28;1-4-19-37-31(16-1)25-10-7-13-28(22-25)34-40-35(29-14-8-11-26(23-29)32-17-2-5-20-38-32)42-36(41-34)30-15-9-12-27(24-30)33-18-3-6-21-39-33/h2*1-25H;1-24H. The molecule has 0 spiro atoms. The van der Waals surface area contributed by atoms with Crippen molar-refractivity contribution in [3.05, 3.63) is 450 Å². The van der Waals surface area contributed by atoms with Gasteiger partial charge in [-0.15, -0.1) is 0 Å². The molecule has 21 aromatic rings. The summed E-state index contributed by atoms with van der Waals surface area (Å²) in [6.45, 7) is 0. The number of hydrogen-bond donors (Lipinski definition) is 0. The lowest BCUT2D eigenvalue weighted by atomic mass is 10.0. The summed E-state index contributed by atoms with van der Waals surface area (Å²) in [6, 6.07) is 128. The lowest BCUT2D eigenvalue weighted by molar-refractivity contribution is 1.07. The monoisotopic (exact) mass is 1620 g/mol. The predicted octanol–water partition coefficient (Wildman–Crippen LogP) is 25.4. The van der Waals surface area contributed by atoms with Crippen LogP contribution in [-0.4, -0.2) is 79.7 Å². The molecule has 16 heteroatoms. The van der Waals surface area contributed by atoms with E-state index >= 15 is 0 Å². The van der Waals surface area contributed by atoms with Crippen molar-refractivity contribution in [3.8, 4) is 203 Å². The molecule has 10 heterocycles. The Bertz CT molecular complexity index is 5890. The largest absolute Gasteiger partial charge is 0.265 e. The van der Waals surface area contributed by atoms with Crippen LogP contribution in [0.25, 0.3) is 203 Å². The van der Waals surface area contributed by atoms with Crippen molar-refractivity contribution in [3.63, 3.8) is 0 Å². The van der Waals surface area contributed by atoms with Crippen LogP contribution in [0.5, 0.6) is 0 Å². The molecule has 0 aliphatic heterocycles. The fourth-order valence-electron chi connectivity index (χ4n) is 14.8. The van der Waals surface area contributed by atoms with Gasteiger partial charge in [-0.05, 0) is 183 Å². The van der Waals surface area contributed by atoms with E-state index in [0.29, 0.717) is 52.4 Å². The van der Waals surface area contributed by atoms with E-state index in [4.69, 9.17) is 44.9 Å². The Morgan fingerprint density at radius 3 is 0.524 bits per heavy atom. The van der Waals surface area contributed by atoms with Gasteiger partial charge in [-0.3, -0.25) is 34.9 Å². The predicted molar refractivity (Wildman–Crippen MR) is 502 cm³/mol. The lowest BCUT2D eigenvalue weighted by Crippen LogP contribution is -2.01. The van der Waals surface area contributed by atoms with E-state index in [1.54, 1.807) is 55.8 Å². The average molecular weight is 1620 g/mol. The second-order valence-corrected chi connectivity index (χ2v) is 29.5. The third-order valence-electron chi connectivity index (χ3n) is 21.1. The molecule has 11 aromatic carbocycles. The van der Waals surface area contributed by atoms with Crippen molar-refractivity contribution in [1.29, 1.82) is 0 Å². The van der Waals surface area contributed by atoms with E-state index < -0.39 is 0 Å². The maximum Gasteiger partial charge on any atom is 0.164 e. The van der Waals surface area contributed by atoms with E-state index in [1.807, 2.05) is 255 Å². The van der Waals surface area contributed by atoms with Crippen molar-refractivity contribution in [2.45, 2.75) is 0 Å². The van der Waals surface area contributed by atoms with Gasteiger partial charge in [0, 0.05) is 146 Å². The van der Waals surface area contributed by atoms with Gasteiger partial charge in [0.2, 0.25) is 0 Å². The van der Waals surface area contributed by atoms with Gasteiger partial charge in [-0.2, -0.15) is 0 Å². The van der Waals surface area contributed by atoms with Crippen LogP contribution in [0.3, 0.4) is 0 Å². The molecule has 0 atom stereocenters. The van der Waals surface area contributed by atoms with Crippen molar-refractivity contribution in [1.82, 2.24) is 79.7 Å². The first kappa shape index (κ1) is 78.4.